The van der Waals surface area contributed by atoms with Gasteiger partial charge in [0, 0.05) is 19.0 Å². The Balaban J connectivity index is 2.13. The van der Waals surface area contributed by atoms with Crippen molar-refractivity contribution >= 4 is 17.9 Å². The minimum Gasteiger partial charge on any atom is -0.318 e. The van der Waals surface area contributed by atoms with Crippen LogP contribution in [0.3, 0.4) is 0 Å². The van der Waals surface area contributed by atoms with Crippen molar-refractivity contribution in [2.75, 3.05) is 0 Å². The van der Waals surface area contributed by atoms with Crippen LogP contribution in [0.4, 0.5) is 0 Å². The van der Waals surface area contributed by atoms with E-state index in [4.69, 9.17) is 17.0 Å². The molecular weight excluding hydrogens is 332 g/mol. The molecule has 0 fully saturated rings. The lowest BCUT2D eigenvalue weighted by atomic mass is 9.85. The average Bonchev–Trinajstić information content (AvgIpc) is 2.65. The van der Waals surface area contributed by atoms with Gasteiger partial charge < -0.3 is 9.36 Å². The average molecular weight is 351 g/mol. The van der Waals surface area contributed by atoms with E-state index in [0.29, 0.717) is 17.9 Å². The highest BCUT2D eigenvalue weighted by Crippen LogP contribution is 2.25. The van der Waals surface area contributed by atoms with Gasteiger partial charge in [-0.3, -0.25) is 5.41 Å². The Morgan fingerprint density at radius 1 is 0.880 bits per heavy atom. The van der Waals surface area contributed by atoms with E-state index in [1.807, 2.05) is 60.7 Å². The van der Waals surface area contributed by atoms with Crippen LogP contribution in [0.2, 0.25) is 5.02 Å². The maximum atomic E-state index is 12.4. The highest BCUT2D eigenvalue weighted by molar-refractivity contribution is 6.30. The Morgan fingerprint density at radius 2 is 1.40 bits per heavy atom. The second-order valence-corrected chi connectivity index (χ2v) is 6.59. The summed E-state index contributed by atoms with van der Waals surface area (Å²) in [6.45, 7) is 0. The molecule has 0 aliphatic carbocycles. The van der Waals surface area contributed by atoms with Gasteiger partial charge in [0.2, 0.25) is 0 Å². The van der Waals surface area contributed by atoms with Gasteiger partial charge in [-0.2, -0.15) is 0 Å². The van der Waals surface area contributed by atoms with Crippen molar-refractivity contribution in [2.24, 2.45) is 0 Å². The van der Waals surface area contributed by atoms with Crippen molar-refractivity contribution in [2.45, 2.75) is 18.4 Å². The van der Waals surface area contributed by atoms with Gasteiger partial charge in [0.15, 0.2) is 0 Å². The highest BCUT2D eigenvalue weighted by Gasteiger charge is 2.33. The molecule has 0 unspecified atom stereocenters. The van der Waals surface area contributed by atoms with Crippen LogP contribution in [-0.2, 0) is 23.2 Å². The minimum atomic E-state index is -0.912. The smallest absolute Gasteiger partial charge is 0.146 e. The SMILES string of the molecule is N=c1ccc(Cl)cn1C(C=O)(Cc1ccccc1)Cc1ccccc1. The molecule has 2 aromatic carbocycles. The zero-order chi connectivity index (χ0) is 17.7. The number of carbonyl (C=O) groups is 1. The van der Waals surface area contributed by atoms with Gasteiger partial charge >= 0.3 is 0 Å². The first kappa shape index (κ1) is 17.2. The van der Waals surface area contributed by atoms with Gasteiger partial charge in [-0.05, 0) is 23.3 Å². The van der Waals surface area contributed by atoms with Gasteiger partial charge in [0.25, 0.3) is 0 Å². The summed E-state index contributed by atoms with van der Waals surface area (Å²) in [7, 11) is 0. The van der Waals surface area contributed by atoms with Crippen LogP contribution in [0.15, 0.2) is 79.0 Å². The predicted octanol–water partition coefficient (Wildman–Crippen LogP) is 4.00. The molecule has 0 radical (unpaired) electrons. The van der Waals surface area contributed by atoms with Gasteiger partial charge in [-0.25, -0.2) is 0 Å². The van der Waals surface area contributed by atoms with E-state index in [-0.39, 0.29) is 5.49 Å². The standard InChI is InChI=1S/C21H19ClN2O/c22-19-11-12-20(23)24(15-19)21(16-25,13-17-7-3-1-4-8-17)14-18-9-5-2-6-10-18/h1-12,15-16,23H,13-14H2. The summed E-state index contributed by atoms with van der Waals surface area (Å²) in [5.74, 6) is 0. The fourth-order valence-electron chi connectivity index (χ4n) is 3.11. The number of hydrogen-bond donors (Lipinski definition) is 1. The quantitative estimate of drug-likeness (QED) is 0.671. The van der Waals surface area contributed by atoms with E-state index in [9.17, 15) is 4.79 Å². The van der Waals surface area contributed by atoms with E-state index >= 15 is 0 Å². The molecule has 3 rings (SSSR count). The van der Waals surface area contributed by atoms with E-state index in [1.54, 1.807) is 22.9 Å². The summed E-state index contributed by atoms with van der Waals surface area (Å²) in [5, 5.41) is 8.81. The monoisotopic (exact) mass is 350 g/mol. The van der Waals surface area contributed by atoms with E-state index in [0.717, 1.165) is 17.4 Å². The molecule has 3 aromatic rings. The van der Waals surface area contributed by atoms with E-state index in [2.05, 4.69) is 0 Å². The Labute approximate surface area is 152 Å². The molecular formula is C21H19ClN2O. The molecule has 1 aromatic heterocycles. The third kappa shape index (κ3) is 3.89. The van der Waals surface area contributed by atoms with Crippen molar-refractivity contribution in [3.8, 4) is 0 Å². The molecule has 0 aliphatic heterocycles. The van der Waals surface area contributed by atoms with Crippen LogP contribution in [0.1, 0.15) is 11.1 Å². The zero-order valence-electron chi connectivity index (χ0n) is 13.7. The van der Waals surface area contributed by atoms with Gasteiger partial charge in [-0.15, -0.1) is 0 Å². The first-order chi connectivity index (χ1) is 12.1. The predicted molar refractivity (Wildman–Crippen MR) is 99.6 cm³/mol. The van der Waals surface area contributed by atoms with Crippen LogP contribution in [0.5, 0.6) is 0 Å². The normalized spacial score (nSPS) is 11.2. The Bertz CT molecular complexity index is 862. The summed E-state index contributed by atoms with van der Waals surface area (Å²) < 4.78 is 1.68. The topological polar surface area (TPSA) is 45.9 Å². The molecule has 0 atom stereocenters. The van der Waals surface area contributed by atoms with Crippen LogP contribution in [0.25, 0.3) is 0 Å². The summed E-state index contributed by atoms with van der Waals surface area (Å²) in [6, 6.07) is 23.0. The van der Waals surface area contributed by atoms with Gasteiger partial charge in [-0.1, -0.05) is 72.3 Å². The third-order valence-corrected chi connectivity index (χ3v) is 4.54. The Hall–Kier alpha value is -2.65. The second-order valence-electron chi connectivity index (χ2n) is 6.15. The largest absolute Gasteiger partial charge is 0.318 e. The maximum Gasteiger partial charge on any atom is 0.146 e. The number of hydrogen-bond acceptors (Lipinski definition) is 2. The Morgan fingerprint density at radius 3 is 1.88 bits per heavy atom. The first-order valence-corrected chi connectivity index (χ1v) is 8.48. The number of carbonyl (C=O) groups excluding carboxylic acids is 1. The molecule has 0 saturated heterocycles. The Kier molecular flexibility index (Phi) is 5.15. The number of aromatic nitrogens is 1. The number of halogens is 1. The lowest BCUT2D eigenvalue weighted by Crippen LogP contribution is -2.46. The van der Waals surface area contributed by atoms with Crippen LogP contribution < -0.4 is 5.49 Å². The summed E-state index contributed by atoms with van der Waals surface area (Å²) in [6.07, 6.45) is 3.60. The summed E-state index contributed by atoms with van der Waals surface area (Å²) >= 11 is 6.17. The van der Waals surface area contributed by atoms with Crippen LogP contribution in [0, 0.1) is 5.41 Å². The molecule has 0 aliphatic rings. The molecule has 25 heavy (non-hydrogen) atoms. The molecule has 126 valence electrons. The lowest BCUT2D eigenvalue weighted by molar-refractivity contribution is -0.115. The molecule has 1 N–H and O–H groups in total. The molecule has 4 heteroatoms. The van der Waals surface area contributed by atoms with Gasteiger partial charge in [0.1, 0.15) is 17.3 Å². The molecule has 0 saturated carbocycles. The number of pyridine rings is 1. The number of nitrogens with zero attached hydrogens (tertiary/aromatic N) is 1. The molecule has 1 heterocycles. The van der Waals surface area contributed by atoms with E-state index in [1.165, 1.54) is 0 Å². The van der Waals surface area contributed by atoms with E-state index < -0.39 is 5.54 Å². The highest BCUT2D eigenvalue weighted by atomic mass is 35.5. The van der Waals surface area contributed by atoms with Crippen molar-refractivity contribution in [1.82, 2.24) is 4.57 Å². The number of rotatable bonds is 6. The van der Waals surface area contributed by atoms with Crippen molar-refractivity contribution in [3.63, 3.8) is 0 Å². The third-order valence-electron chi connectivity index (χ3n) is 4.32. The fourth-order valence-corrected chi connectivity index (χ4v) is 3.28. The summed E-state index contributed by atoms with van der Waals surface area (Å²) in [4.78, 5) is 12.4. The van der Waals surface area contributed by atoms with Crippen LogP contribution >= 0.6 is 11.6 Å². The second kappa shape index (κ2) is 7.49. The number of aldehydes is 1. The fraction of sp³-hybridized carbons (Fsp3) is 0.143. The van der Waals surface area contributed by atoms with Crippen molar-refractivity contribution < 1.29 is 4.79 Å². The van der Waals surface area contributed by atoms with Crippen molar-refractivity contribution in [3.05, 3.63) is 101 Å². The lowest BCUT2D eigenvalue weighted by Gasteiger charge is -2.32. The molecule has 0 bridgehead atoms. The first-order valence-electron chi connectivity index (χ1n) is 8.10. The van der Waals surface area contributed by atoms with Crippen LogP contribution in [-0.4, -0.2) is 10.9 Å². The number of nitrogens with one attached hydrogen (secondary N) is 1. The minimum absolute atomic E-state index is 0.253. The number of benzene rings is 2. The molecule has 0 amide bonds. The summed E-state index contributed by atoms with van der Waals surface area (Å²) in [5.41, 5.74) is 1.42. The maximum absolute atomic E-state index is 12.4. The molecule has 0 spiro atoms. The van der Waals surface area contributed by atoms with Gasteiger partial charge in [0.05, 0.1) is 5.02 Å². The van der Waals surface area contributed by atoms with Crippen molar-refractivity contribution in [1.29, 1.82) is 5.41 Å². The molecule has 3 nitrogen and oxygen atoms in total. The zero-order valence-corrected chi connectivity index (χ0v) is 14.5.